The number of halogens is 1. The van der Waals surface area contributed by atoms with Gasteiger partial charge in [0.15, 0.2) is 0 Å². The first kappa shape index (κ1) is 28.7. The Morgan fingerprint density at radius 2 is 1.60 bits per heavy atom. The highest BCUT2D eigenvalue weighted by atomic mass is 35.5. The lowest BCUT2D eigenvalue weighted by atomic mass is 9.79. The minimum Gasteiger partial charge on any atom is -0.489 e. The number of hydrogen-bond acceptors (Lipinski definition) is 5. The van der Waals surface area contributed by atoms with Gasteiger partial charge in [-0.1, -0.05) is 41.4 Å². The molecule has 0 atom stereocenters. The van der Waals surface area contributed by atoms with Crippen LogP contribution in [0, 0.1) is 6.92 Å². The van der Waals surface area contributed by atoms with Crippen molar-refractivity contribution >= 4 is 36.0 Å². The monoisotopic (exact) mass is 502 g/mol. The maximum absolute atomic E-state index is 11.8. The summed E-state index contributed by atoms with van der Waals surface area (Å²) in [7, 11) is 1.26. The van der Waals surface area contributed by atoms with Crippen LogP contribution in [-0.4, -0.2) is 49.8 Å². The van der Waals surface area contributed by atoms with Gasteiger partial charge in [-0.15, -0.1) is 0 Å². The number of hydrogen-bond donors (Lipinski definition) is 2. The predicted octanol–water partition coefficient (Wildman–Crippen LogP) is 3.90. The number of ether oxygens (including phenoxy) is 1. The molecule has 0 bridgehead atoms. The minimum atomic E-state index is -0.360. The number of carbonyl (C=O) groups is 2. The van der Waals surface area contributed by atoms with Crippen LogP contribution >= 0.6 is 11.6 Å². The number of nitrogens with one attached hydrogen (secondary N) is 2. The molecule has 1 aliphatic rings. The molecular weight excluding hydrogens is 467 g/mol. The Hall–Kier alpha value is -2.55. The lowest BCUT2D eigenvalue weighted by molar-refractivity contribution is -0.119. The van der Waals surface area contributed by atoms with Crippen LogP contribution in [0.25, 0.3) is 0 Å². The summed E-state index contributed by atoms with van der Waals surface area (Å²) in [5.41, 5.74) is 2.19. The van der Waals surface area contributed by atoms with Crippen molar-refractivity contribution in [3.63, 3.8) is 0 Å². The van der Waals surface area contributed by atoms with Crippen molar-refractivity contribution in [2.45, 2.75) is 65.8 Å². The fourth-order valence-corrected chi connectivity index (χ4v) is 3.27. The van der Waals surface area contributed by atoms with Crippen LogP contribution in [0.3, 0.4) is 0 Å². The van der Waals surface area contributed by atoms with Crippen LogP contribution in [0.1, 0.15) is 57.5 Å². The molecule has 0 aromatic heterocycles. The van der Waals surface area contributed by atoms with E-state index in [-0.39, 0.29) is 42.8 Å². The molecule has 1 aliphatic heterocycles. The first-order valence-electron chi connectivity index (χ1n) is 11.6. The molecule has 2 aromatic carbocycles. The van der Waals surface area contributed by atoms with Crippen molar-refractivity contribution in [1.29, 1.82) is 0 Å². The van der Waals surface area contributed by atoms with Crippen LogP contribution in [-0.2, 0) is 14.1 Å². The number of likely N-dealkylation sites (N-methyl/N-ethyl adjacent to an activating group) is 1. The van der Waals surface area contributed by atoms with Gasteiger partial charge >= 0.3 is 7.12 Å². The van der Waals surface area contributed by atoms with Crippen molar-refractivity contribution in [2.75, 3.05) is 13.6 Å². The molecule has 2 amide bonds. The fourth-order valence-electron chi connectivity index (χ4n) is 3.05. The maximum Gasteiger partial charge on any atom is 0.494 e. The Morgan fingerprint density at radius 3 is 2.09 bits per heavy atom. The zero-order valence-electron chi connectivity index (χ0n) is 21.8. The zero-order chi connectivity index (χ0) is 26.4. The van der Waals surface area contributed by atoms with E-state index in [1.807, 2.05) is 13.8 Å². The third kappa shape index (κ3) is 7.99. The highest BCUT2D eigenvalue weighted by Crippen LogP contribution is 2.36. The second kappa shape index (κ2) is 11.9. The van der Waals surface area contributed by atoms with Gasteiger partial charge in [-0.25, -0.2) is 0 Å². The molecule has 190 valence electrons. The second-order valence-electron chi connectivity index (χ2n) is 9.67. The van der Waals surface area contributed by atoms with Gasteiger partial charge in [0.05, 0.1) is 28.9 Å². The summed E-state index contributed by atoms with van der Waals surface area (Å²) in [5, 5.41) is 5.26. The molecule has 2 N–H and O–H groups in total. The molecule has 2 aromatic rings. The summed E-state index contributed by atoms with van der Waals surface area (Å²) in [6, 6.07) is 13.0. The predicted molar refractivity (Wildman–Crippen MR) is 141 cm³/mol. The van der Waals surface area contributed by atoms with E-state index in [0.717, 1.165) is 5.46 Å². The molecule has 7 nitrogen and oxygen atoms in total. The van der Waals surface area contributed by atoms with Crippen LogP contribution in [0.4, 0.5) is 0 Å². The summed E-state index contributed by atoms with van der Waals surface area (Å²) in [6.07, 6.45) is 0.00502. The molecule has 35 heavy (non-hydrogen) atoms. The van der Waals surface area contributed by atoms with Gasteiger partial charge in [-0.2, -0.15) is 0 Å². The van der Waals surface area contributed by atoms with Gasteiger partial charge in [-0.05, 0) is 72.1 Å². The highest BCUT2D eigenvalue weighted by Gasteiger charge is 2.51. The summed E-state index contributed by atoms with van der Waals surface area (Å²) in [6.45, 7) is 14.1. The van der Waals surface area contributed by atoms with Crippen molar-refractivity contribution in [1.82, 2.24) is 10.6 Å². The lowest BCUT2D eigenvalue weighted by Crippen LogP contribution is -2.41. The van der Waals surface area contributed by atoms with Crippen molar-refractivity contribution < 1.29 is 23.6 Å². The smallest absolute Gasteiger partial charge is 0.489 e. The summed E-state index contributed by atoms with van der Waals surface area (Å²) >= 11 is 6.02. The molecule has 0 unspecified atom stereocenters. The van der Waals surface area contributed by atoms with E-state index in [1.165, 1.54) is 18.7 Å². The average Bonchev–Trinajstić information content (AvgIpc) is 3.00. The molecular formula is C26H36BClN2O5. The maximum atomic E-state index is 11.8. The van der Waals surface area contributed by atoms with Crippen molar-refractivity contribution in [3.8, 4) is 5.75 Å². The Labute approximate surface area is 214 Å². The zero-order valence-corrected chi connectivity index (χ0v) is 22.6. The average molecular weight is 503 g/mol. The first-order valence-corrected chi connectivity index (χ1v) is 12.0. The second-order valence-corrected chi connectivity index (χ2v) is 10.1. The Bertz CT molecular complexity index is 1010. The number of benzene rings is 2. The molecule has 1 saturated heterocycles. The standard InChI is InChI=1S/C13H19BO2.C13H17ClN2O3/c1-10-6-8-11(9-7-10)14-15-12(2,3)13(4,5)16-14;1-8(2)19-11-5-4-9(6-10(11)14)13(18)16-7-12(17)15-3/h6-9H,1-5H3;4-6,8H,7H2,1-3H3,(H,15,17)(H,16,18). The van der Waals surface area contributed by atoms with Gasteiger partial charge in [0.1, 0.15) is 5.75 Å². The normalized spacial score (nSPS) is 15.8. The summed E-state index contributed by atoms with van der Waals surface area (Å²) in [5.74, 6) is -0.0969. The van der Waals surface area contributed by atoms with Crippen LogP contribution in [0.5, 0.6) is 5.75 Å². The van der Waals surface area contributed by atoms with Crippen LogP contribution < -0.4 is 20.8 Å². The quantitative estimate of drug-likeness (QED) is 0.585. The van der Waals surface area contributed by atoms with E-state index < -0.39 is 0 Å². The topological polar surface area (TPSA) is 85.9 Å². The fraction of sp³-hybridized carbons (Fsp3) is 0.462. The van der Waals surface area contributed by atoms with E-state index in [0.29, 0.717) is 16.3 Å². The first-order chi connectivity index (χ1) is 16.3. The van der Waals surface area contributed by atoms with Gasteiger partial charge in [0.2, 0.25) is 5.91 Å². The Kier molecular flexibility index (Phi) is 9.78. The van der Waals surface area contributed by atoms with Crippen LogP contribution in [0.2, 0.25) is 5.02 Å². The third-order valence-corrected chi connectivity index (χ3v) is 6.14. The molecule has 1 fully saturated rings. The van der Waals surface area contributed by atoms with Gasteiger partial charge in [0.25, 0.3) is 5.91 Å². The molecule has 9 heteroatoms. The molecule has 0 saturated carbocycles. The largest absolute Gasteiger partial charge is 0.494 e. The highest BCUT2D eigenvalue weighted by molar-refractivity contribution is 6.62. The number of amides is 2. The van der Waals surface area contributed by atoms with Gasteiger partial charge < -0.3 is 24.7 Å². The van der Waals surface area contributed by atoms with E-state index in [2.05, 4.69) is 69.5 Å². The van der Waals surface area contributed by atoms with Crippen molar-refractivity contribution in [3.05, 3.63) is 58.6 Å². The van der Waals surface area contributed by atoms with E-state index in [9.17, 15) is 9.59 Å². The van der Waals surface area contributed by atoms with Crippen LogP contribution in [0.15, 0.2) is 42.5 Å². The number of rotatable bonds is 6. The lowest BCUT2D eigenvalue weighted by Gasteiger charge is -2.32. The Balaban J connectivity index is 0.000000250. The summed E-state index contributed by atoms with van der Waals surface area (Å²) in [4.78, 5) is 22.8. The van der Waals surface area contributed by atoms with E-state index >= 15 is 0 Å². The Morgan fingerprint density at radius 1 is 1.03 bits per heavy atom. The molecule has 0 radical (unpaired) electrons. The molecule has 0 aliphatic carbocycles. The van der Waals surface area contributed by atoms with E-state index in [1.54, 1.807) is 12.1 Å². The SMILES string of the molecule is CNC(=O)CNC(=O)c1ccc(OC(C)C)c(Cl)c1.Cc1ccc(B2OC(C)(C)C(C)(C)O2)cc1. The molecule has 1 heterocycles. The third-order valence-electron chi connectivity index (χ3n) is 5.85. The molecule has 0 spiro atoms. The summed E-state index contributed by atoms with van der Waals surface area (Å²) < 4.78 is 17.4. The van der Waals surface area contributed by atoms with Gasteiger partial charge in [-0.3, -0.25) is 9.59 Å². The van der Waals surface area contributed by atoms with E-state index in [4.69, 9.17) is 25.6 Å². The molecule has 3 rings (SSSR count). The number of aryl methyl sites for hydroxylation is 1. The number of carbonyl (C=O) groups excluding carboxylic acids is 2. The van der Waals surface area contributed by atoms with Gasteiger partial charge in [0, 0.05) is 12.6 Å². The van der Waals surface area contributed by atoms with Crippen molar-refractivity contribution in [2.24, 2.45) is 0 Å². The minimum absolute atomic E-state index is 0.00502.